The van der Waals surface area contributed by atoms with Gasteiger partial charge in [0.05, 0.1) is 17.1 Å². The SMILES string of the molecule is CC(OC(=O)c1cc(C(C)C)nc2c1cnn2C(C)C)C(=O)N(C)c1ccccc1. The van der Waals surface area contributed by atoms with Crippen molar-refractivity contribution in [3.63, 3.8) is 0 Å². The Bertz CT molecular complexity index is 1060. The minimum atomic E-state index is -0.937. The molecule has 2 heterocycles. The quantitative estimate of drug-likeness (QED) is 0.567. The zero-order valence-corrected chi connectivity index (χ0v) is 18.3. The summed E-state index contributed by atoms with van der Waals surface area (Å²) in [6, 6.07) is 11.1. The Morgan fingerprint density at radius 2 is 1.73 bits per heavy atom. The predicted octanol–water partition coefficient (Wildman–Crippen LogP) is 4.34. The smallest absolute Gasteiger partial charge is 0.339 e. The van der Waals surface area contributed by atoms with Crippen LogP contribution in [0.3, 0.4) is 0 Å². The van der Waals surface area contributed by atoms with E-state index >= 15 is 0 Å². The van der Waals surface area contributed by atoms with E-state index in [1.807, 2.05) is 58.0 Å². The average Bonchev–Trinajstić information content (AvgIpc) is 3.16. The molecule has 0 saturated heterocycles. The number of para-hydroxylation sites is 1. The Morgan fingerprint density at radius 1 is 1.07 bits per heavy atom. The molecule has 0 bridgehead atoms. The van der Waals surface area contributed by atoms with Crippen LogP contribution in [0.1, 0.15) is 62.6 Å². The molecule has 0 aliphatic rings. The first kappa shape index (κ1) is 21.5. The number of carbonyl (C=O) groups excluding carboxylic acids is 2. The minimum Gasteiger partial charge on any atom is -0.449 e. The van der Waals surface area contributed by atoms with Crippen molar-refractivity contribution in [3.8, 4) is 0 Å². The highest BCUT2D eigenvalue weighted by Crippen LogP contribution is 2.25. The summed E-state index contributed by atoms with van der Waals surface area (Å²) in [5.41, 5.74) is 2.52. The lowest BCUT2D eigenvalue weighted by Gasteiger charge is -2.21. The van der Waals surface area contributed by atoms with Crippen molar-refractivity contribution in [1.82, 2.24) is 14.8 Å². The van der Waals surface area contributed by atoms with Crippen molar-refractivity contribution in [2.24, 2.45) is 0 Å². The molecule has 1 aromatic carbocycles. The number of fused-ring (bicyclic) bond motifs is 1. The van der Waals surface area contributed by atoms with Crippen LogP contribution in [0.15, 0.2) is 42.6 Å². The van der Waals surface area contributed by atoms with Crippen LogP contribution in [0.25, 0.3) is 11.0 Å². The predicted molar refractivity (Wildman–Crippen MR) is 117 cm³/mol. The number of anilines is 1. The van der Waals surface area contributed by atoms with Gasteiger partial charge in [-0.2, -0.15) is 5.10 Å². The van der Waals surface area contributed by atoms with Gasteiger partial charge in [0.15, 0.2) is 11.8 Å². The third-order valence-electron chi connectivity index (χ3n) is 4.99. The summed E-state index contributed by atoms with van der Waals surface area (Å²) in [6.45, 7) is 9.63. The molecule has 0 saturated carbocycles. The molecule has 0 aliphatic heterocycles. The molecular formula is C23H28N4O3. The molecule has 7 nitrogen and oxygen atoms in total. The second kappa shape index (κ2) is 8.65. The molecule has 1 unspecified atom stereocenters. The highest BCUT2D eigenvalue weighted by atomic mass is 16.5. The Hall–Kier alpha value is -3.22. The summed E-state index contributed by atoms with van der Waals surface area (Å²) < 4.78 is 7.35. The first-order valence-corrected chi connectivity index (χ1v) is 10.1. The summed E-state index contributed by atoms with van der Waals surface area (Å²) in [5, 5.41) is 5.01. The second-order valence-electron chi connectivity index (χ2n) is 7.95. The molecule has 0 radical (unpaired) electrons. The lowest BCUT2D eigenvalue weighted by molar-refractivity contribution is -0.126. The summed E-state index contributed by atoms with van der Waals surface area (Å²) in [5.74, 6) is -0.739. The van der Waals surface area contributed by atoms with Crippen LogP contribution in [-0.4, -0.2) is 39.8 Å². The number of likely N-dealkylation sites (N-methyl/N-ethyl adjacent to an activating group) is 1. The molecule has 7 heteroatoms. The van der Waals surface area contributed by atoms with Gasteiger partial charge >= 0.3 is 5.97 Å². The van der Waals surface area contributed by atoms with Crippen molar-refractivity contribution in [2.75, 3.05) is 11.9 Å². The molecule has 3 aromatic rings. The normalized spacial score (nSPS) is 12.4. The molecule has 0 N–H and O–H groups in total. The Labute approximate surface area is 176 Å². The van der Waals surface area contributed by atoms with Gasteiger partial charge in [-0.15, -0.1) is 0 Å². The zero-order chi connectivity index (χ0) is 22.0. The third kappa shape index (κ3) is 4.20. The van der Waals surface area contributed by atoms with Gasteiger partial charge in [-0.1, -0.05) is 32.0 Å². The lowest BCUT2D eigenvalue weighted by atomic mass is 10.1. The number of rotatable bonds is 6. The van der Waals surface area contributed by atoms with Crippen molar-refractivity contribution < 1.29 is 14.3 Å². The molecule has 1 amide bonds. The van der Waals surface area contributed by atoms with Gasteiger partial charge in [0.2, 0.25) is 0 Å². The number of esters is 1. The molecule has 158 valence electrons. The number of pyridine rings is 1. The number of hydrogen-bond acceptors (Lipinski definition) is 5. The number of aromatic nitrogens is 3. The van der Waals surface area contributed by atoms with Gasteiger partial charge < -0.3 is 9.64 Å². The molecule has 2 aromatic heterocycles. The maximum Gasteiger partial charge on any atom is 0.339 e. The van der Waals surface area contributed by atoms with E-state index in [-0.39, 0.29) is 17.9 Å². The second-order valence-corrected chi connectivity index (χ2v) is 7.95. The standard InChI is InChI=1S/C23H28N4O3/c1-14(2)20-12-18(19-13-24-27(15(3)4)21(19)25-20)23(29)30-16(5)22(28)26(6)17-10-8-7-9-11-17/h7-16H,1-6H3. The number of nitrogens with zero attached hydrogens (tertiary/aromatic N) is 4. The summed E-state index contributed by atoms with van der Waals surface area (Å²) in [4.78, 5) is 32.0. The fourth-order valence-electron chi connectivity index (χ4n) is 3.21. The van der Waals surface area contributed by atoms with E-state index in [4.69, 9.17) is 9.72 Å². The van der Waals surface area contributed by atoms with Crippen LogP contribution in [0.4, 0.5) is 5.69 Å². The first-order chi connectivity index (χ1) is 14.2. The van der Waals surface area contributed by atoms with Gasteiger partial charge in [0.1, 0.15) is 0 Å². The van der Waals surface area contributed by atoms with E-state index in [9.17, 15) is 9.59 Å². The zero-order valence-electron chi connectivity index (χ0n) is 18.3. The average molecular weight is 409 g/mol. The minimum absolute atomic E-state index is 0.0984. The molecule has 0 aliphatic carbocycles. The van der Waals surface area contributed by atoms with Crippen LogP contribution in [0.2, 0.25) is 0 Å². The van der Waals surface area contributed by atoms with Crippen LogP contribution < -0.4 is 4.90 Å². The molecular weight excluding hydrogens is 380 g/mol. The summed E-state index contributed by atoms with van der Waals surface area (Å²) >= 11 is 0. The Kier molecular flexibility index (Phi) is 6.20. The maximum atomic E-state index is 13.0. The van der Waals surface area contributed by atoms with Gasteiger partial charge in [-0.3, -0.25) is 4.79 Å². The maximum absolute atomic E-state index is 13.0. The van der Waals surface area contributed by atoms with Crippen molar-refractivity contribution in [2.45, 2.75) is 52.7 Å². The Morgan fingerprint density at radius 3 is 2.33 bits per heavy atom. The fraction of sp³-hybridized carbons (Fsp3) is 0.391. The first-order valence-electron chi connectivity index (χ1n) is 10.1. The van der Waals surface area contributed by atoms with Gasteiger partial charge in [0.25, 0.3) is 5.91 Å². The highest BCUT2D eigenvalue weighted by Gasteiger charge is 2.26. The highest BCUT2D eigenvalue weighted by molar-refractivity contribution is 6.04. The number of hydrogen-bond donors (Lipinski definition) is 0. The topological polar surface area (TPSA) is 77.3 Å². The molecule has 30 heavy (non-hydrogen) atoms. The van der Waals surface area contributed by atoms with E-state index in [1.165, 1.54) is 4.90 Å². The fourth-order valence-corrected chi connectivity index (χ4v) is 3.21. The largest absolute Gasteiger partial charge is 0.449 e. The van der Waals surface area contributed by atoms with Crippen molar-refractivity contribution in [3.05, 3.63) is 53.9 Å². The molecule has 0 fully saturated rings. The van der Waals surface area contributed by atoms with Crippen molar-refractivity contribution in [1.29, 1.82) is 0 Å². The number of benzene rings is 1. The van der Waals surface area contributed by atoms with Crippen LogP contribution >= 0.6 is 0 Å². The van der Waals surface area contributed by atoms with Gasteiger partial charge in [-0.05, 0) is 44.9 Å². The van der Waals surface area contributed by atoms with Gasteiger partial charge in [0, 0.05) is 24.5 Å². The van der Waals surface area contributed by atoms with E-state index in [0.717, 1.165) is 11.4 Å². The van der Waals surface area contributed by atoms with E-state index in [2.05, 4.69) is 5.10 Å². The van der Waals surface area contributed by atoms with E-state index < -0.39 is 12.1 Å². The van der Waals surface area contributed by atoms with Crippen LogP contribution in [0, 0.1) is 0 Å². The number of amides is 1. The van der Waals surface area contributed by atoms with E-state index in [1.54, 1.807) is 30.9 Å². The number of carbonyl (C=O) groups is 2. The molecule has 1 atom stereocenters. The number of ether oxygens (including phenoxy) is 1. The van der Waals surface area contributed by atoms with Crippen LogP contribution in [0.5, 0.6) is 0 Å². The summed E-state index contributed by atoms with van der Waals surface area (Å²) in [6.07, 6.45) is 0.694. The van der Waals surface area contributed by atoms with Crippen molar-refractivity contribution >= 4 is 28.6 Å². The van der Waals surface area contributed by atoms with Gasteiger partial charge in [-0.25, -0.2) is 14.5 Å². The van der Waals surface area contributed by atoms with Crippen LogP contribution in [-0.2, 0) is 9.53 Å². The molecule has 3 rings (SSSR count). The van der Waals surface area contributed by atoms with E-state index in [0.29, 0.717) is 16.6 Å². The monoisotopic (exact) mass is 408 g/mol. The molecule has 0 spiro atoms. The Balaban J connectivity index is 1.90. The third-order valence-corrected chi connectivity index (χ3v) is 4.99. The lowest BCUT2D eigenvalue weighted by Crippen LogP contribution is -2.37. The summed E-state index contributed by atoms with van der Waals surface area (Å²) in [7, 11) is 1.66.